The molecule has 4 aromatic carbocycles. The molecule has 0 aliphatic heterocycles. The number of nitrogens with one attached hydrogen (secondary N) is 1. The fourth-order valence-electron chi connectivity index (χ4n) is 3.94. The molecule has 1 heterocycles. The van der Waals surface area contributed by atoms with E-state index in [0.29, 0.717) is 22.4 Å². The Bertz CT molecular complexity index is 1640. The summed E-state index contributed by atoms with van der Waals surface area (Å²) in [4.78, 5) is 38.8. The Hall–Kier alpha value is -5.12. The lowest BCUT2D eigenvalue weighted by Crippen LogP contribution is -2.14. The SMILES string of the molecule is Cc1c([N+](=O)[O-])cc(C(=O)Nc2ccccc2-c2nc3ccc4ccccc4c3o2)cc1[N+](=O)[O-]. The number of nitro benzene ring substituents is 2. The van der Waals surface area contributed by atoms with Gasteiger partial charge < -0.3 is 9.73 Å². The van der Waals surface area contributed by atoms with E-state index in [1.165, 1.54) is 6.92 Å². The molecule has 5 aromatic rings. The first-order chi connectivity index (χ1) is 16.8. The lowest BCUT2D eigenvalue weighted by molar-refractivity contribution is -0.395. The van der Waals surface area contributed by atoms with Gasteiger partial charge in [-0.3, -0.25) is 25.0 Å². The fourth-order valence-corrected chi connectivity index (χ4v) is 3.94. The molecule has 0 radical (unpaired) electrons. The quantitative estimate of drug-likeness (QED) is 0.245. The van der Waals surface area contributed by atoms with Crippen molar-refractivity contribution in [2.75, 3.05) is 5.32 Å². The van der Waals surface area contributed by atoms with E-state index in [2.05, 4.69) is 10.3 Å². The number of carbonyl (C=O) groups excluding carboxylic acids is 1. The van der Waals surface area contributed by atoms with Crippen LogP contribution in [0.25, 0.3) is 33.3 Å². The third-order valence-corrected chi connectivity index (χ3v) is 5.69. The maximum Gasteiger partial charge on any atom is 0.279 e. The van der Waals surface area contributed by atoms with Crippen LogP contribution in [0.3, 0.4) is 0 Å². The van der Waals surface area contributed by atoms with E-state index in [4.69, 9.17) is 4.42 Å². The van der Waals surface area contributed by atoms with Crippen molar-refractivity contribution < 1.29 is 19.1 Å². The molecule has 1 aromatic heterocycles. The zero-order valence-corrected chi connectivity index (χ0v) is 18.2. The predicted octanol–water partition coefficient (Wildman–Crippen LogP) is 6.03. The van der Waals surface area contributed by atoms with Crippen LogP contribution in [0.5, 0.6) is 0 Å². The highest BCUT2D eigenvalue weighted by atomic mass is 16.6. The Kier molecular flexibility index (Phi) is 5.17. The van der Waals surface area contributed by atoms with Gasteiger partial charge in [0, 0.05) is 17.5 Å². The summed E-state index contributed by atoms with van der Waals surface area (Å²) < 4.78 is 6.07. The van der Waals surface area contributed by atoms with Crippen LogP contribution < -0.4 is 5.32 Å². The summed E-state index contributed by atoms with van der Waals surface area (Å²) in [5, 5.41) is 27.3. The first-order valence-corrected chi connectivity index (χ1v) is 10.5. The van der Waals surface area contributed by atoms with Gasteiger partial charge in [-0.05, 0) is 30.5 Å². The molecule has 10 nitrogen and oxygen atoms in total. The second kappa shape index (κ2) is 8.34. The van der Waals surface area contributed by atoms with E-state index >= 15 is 0 Å². The molecule has 172 valence electrons. The summed E-state index contributed by atoms with van der Waals surface area (Å²) in [7, 11) is 0. The molecule has 0 unspecified atom stereocenters. The molecule has 0 aliphatic carbocycles. The molecular weight excluding hydrogens is 452 g/mol. The predicted molar refractivity (Wildman–Crippen MR) is 129 cm³/mol. The van der Waals surface area contributed by atoms with Gasteiger partial charge in [-0.1, -0.05) is 42.5 Å². The Balaban J connectivity index is 1.56. The van der Waals surface area contributed by atoms with Crippen molar-refractivity contribution in [2.45, 2.75) is 6.92 Å². The van der Waals surface area contributed by atoms with Gasteiger partial charge in [0.05, 0.1) is 26.7 Å². The molecule has 0 saturated carbocycles. The van der Waals surface area contributed by atoms with Crippen LogP contribution >= 0.6 is 0 Å². The van der Waals surface area contributed by atoms with Gasteiger partial charge in [-0.15, -0.1) is 0 Å². The third kappa shape index (κ3) is 3.82. The molecule has 1 N–H and O–H groups in total. The number of amides is 1. The van der Waals surface area contributed by atoms with Crippen LogP contribution in [0.2, 0.25) is 0 Å². The summed E-state index contributed by atoms with van der Waals surface area (Å²) in [6.07, 6.45) is 0. The van der Waals surface area contributed by atoms with Crippen LogP contribution in [0, 0.1) is 27.2 Å². The van der Waals surface area contributed by atoms with Gasteiger partial charge in [-0.2, -0.15) is 0 Å². The summed E-state index contributed by atoms with van der Waals surface area (Å²) in [5.41, 5.74) is 0.694. The zero-order chi connectivity index (χ0) is 24.7. The largest absolute Gasteiger partial charge is 0.435 e. The number of carbonyl (C=O) groups is 1. The molecule has 0 aliphatic rings. The standard InChI is InChI=1S/C25H16N4O6/c1-14-21(28(31)32)12-16(13-22(14)29(33)34)24(30)26-19-9-5-4-8-18(19)25-27-20-11-10-15-6-2-3-7-17(15)23(20)35-25/h2-13H,1H3,(H,26,30). The number of anilines is 1. The lowest BCUT2D eigenvalue weighted by Gasteiger charge is -2.09. The average molecular weight is 468 g/mol. The monoisotopic (exact) mass is 468 g/mol. The number of nitrogens with zero attached hydrogens (tertiary/aromatic N) is 3. The van der Waals surface area contributed by atoms with Crippen LogP contribution in [-0.4, -0.2) is 20.7 Å². The molecule has 35 heavy (non-hydrogen) atoms. The van der Waals surface area contributed by atoms with Gasteiger partial charge in [0.1, 0.15) is 11.1 Å². The van der Waals surface area contributed by atoms with Crippen LogP contribution in [-0.2, 0) is 0 Å². The fraction of sp³-hybridized carbons (Fsp3) is 0.0400. The normalized spacial score (nSPS) is 11.0. The van der Waals surface area contributed by atoms with E-state index in [1.807, 2.05) is 36.4 Å². The number of hydrogen-bond acceptors (Lipinski definition) is 7. The lowest BCUT2D eigenvalue weighted by atomic mass is 10.1. The second-order valence-electron chi connectivity index (χ2n) is 7.81. The topological polar surface area (TPSA) is 141 Å². The number of para-hydroxylation sites is 1. The number of benzene rings is 4. The highest BCUT2D eigenvalue weighted by Crippen LogP contribution is 2.34. The van der Waals surface area contributed by atoms with E-state index in [0.717, 1.165) is 22.9 Å². The van der Waals surface area contributed by atoms with Gasteiger partial charge in [0.2, 0.25) is 5.89 Å². The molecule has 1 amide bonds. The maximum atomic E-state index is 13.0. The molecule has 5 rings (SSSR count). The summed E-state index contributed by atoms with van der Waals surface area (Å²) in [6.45, 7) is 1.27. The number of hydrogen-bond donors (Lipinski definition) is 1. The van der Waals surface area contributed by atoms with E-state index in [9.17, 15) is 25.0 Å². The summed E-state index contributed by atoms with van der Waals surface area (Å²) in [5.74, 6) is -0.474. The molecule has 0 fully saturated rings. The van der Waals surface area contributed by atoms with Crippen molar-refractivity contribution in [3.05, 3.63) is 104 Å². The van der Waals surface area contributed by atoms with E-state index < -0.39 is 27.1 Å². The first kappa shape index (κ1) is 21.7. The molecule has 0 atom stereocenters. The van der Waals surface area contributed by atoms with Gasteiger partial charge in [0.15, 0.2) is 5.58 Å². The Morgan fingerprint density at radius 2 is 1.57 bits per heavy atom. The molecule has 0 spiro atoms. The minimum Gasteiger partial charge on any atom is -0.435 e. The Morgan fingerprint density at radius 1 is 0.914 bits per heavy atom. The van der Waals surface area contributed by atoms with Crippen LogP contribution in [0.4, 0.5) is 17.1 Å². The van der Waals surface area contributed by atoms with Gasteiger partial charge in [-0.25, -0.2) is 4.98 Å². The molecule has 0 bridgehead atoms. The van der Waals surface area contributed by atoms with E-state index in [-0.39, 0.29) is 17.0 Å². The van der Waals surface area contributed by atoms with Crippen molar-refractivity contribution >= 4 is 44.8 Å². The van der Waals surface area contributed by atoms with Gasteiger partial charge in [0.25, 0.3) is 17.3 Å². The average Bonchev–Trinajstić information content (AvgIpc) is 3.29. The van der Waals surface area contributed by atoms with Gasteiger partial charge >= 0.3 is 0 Å². The second-order valence-corrected chi connectivity index (χ2v) is 7.81. The highest BCUT2D eigenvalue weighted by molar-refractivity contribution is 6.07. The number of nitro groups is 2. The number of aromatic nitrogens is 1. The van der Waals surface area contributed by atoms with Crippen LogP contribution in [0.1, 0.15) is 15.9 Å². The molecule has 0 saturated heterocycles. The number of rotatable bonds is 5. The molecular formula is C25H16N4O6. The number of fused-ring (bicyclic) bond motifs is 3. The Labute approximate surface area is 197 Å². The van der Waals surface area contributed by atoms with Crippen molar-refractivity contribution in [3.63, 3.8) is 0 Å². The minimum absolute atomic E-state index is 0.129. The van der Waals surface area contributed by atoms with Crippen molar-refractivity contribution in [1.82, 2.24) is 4.98 Å². The zero-order valence-electron chi connectivity index (χ0n) is 18.2. The summed E-state index contributed by atoms with van der Waals surface area (Å²) in [6, 6.07) is 20.3. The number of oxazole rings is 1. The van der Waals surface area contributed by atoms with E-state index in [1.54, 1.807) is 24.3 Å². The Morgan fingerprint density at radius 3 is 2.29 bits per heavy atom. The third-order valence-electron chi connectivity index (χ3n) is 5.69. The smallest absolute Gasteiger partial charge is 0.279 e. The van der Waals surface area contributed by atoms with Crippen LogP contribution in [0.15, 0.2) is 77.2 Å². The van der Waals surface area contributed by atoms with Crippen molar-refractivity contribution in [3.8, 4) is 11.5 Å². The highest BCUT2D eigenvalue weighted by Gasteiger charge is 2.26. The maximum absolute atomic E-state index is 13.0. The minimum atomic E-state index is -0.754. The molecule has 10 heteroatoms. The first-order valence-electron chi connectivity index (χ1n) is 10.5. The van der Waals surface area contributed by atoms with Crippen molar-refractivity contribution in [2.24, 2.45) is 0 Å². The van der Waals surface area contributed by atoms with Crippen molar-refractivity contribution in [1.29, 1.82) is 0 Å². The summed E-state index contributed by atoms with van der Waals surface area (Å²) >= 11 is 0.